The minimum absolute atomic E-state index is 0.0114. The first-order valence-electron chi connectivity index (χ1n) is 14.1. The largest absolute Gasteiger partial charge is 0.496 e. The number of benzene rings is 3. The van der Waals surface area contributed by atoms with Crippen LogP contribution in [0.3, 0.4) is 0 Å². The summed E-state index contributed by atoms with van der Waals surface area (Å²) in [6, 6.07) is 23.9. The van der Waals surface area contributed by atoms with E-state index in [4.69, 9.17) is 9.47 Å². The molecule has 1 heterocycles. The van der Waals surface area contributed by atoms with E-state index >= 15 is 0 Å². The van der Waals surface area contributed by atoms with Gasteiger partial charge in [0.25, 0.3) is 0 Å². The molecule has 0 radical (unpaired) electrons. The Balaban J connectivity index is 1.48. The number of ether oxygens (including phenoxy) is 2. The van der Waals surface area contributed by atoms with Crippen molar-refractivity contribution in [3.63, 3.8) is 0 Å². The lowest BCUT2D eigenvalue weighted by Crippen LogP contribution is -2.36. The van der Waals surface area contributed by atoms with E-state index in [1.54, 1.807) is 20.1 Å². The average molecular weight is 537 g/mol. The number of hydrogen-bond acceptors (Lipinski definition) is 5. The SMILES string of the molecule is CCOC(=O)c1ccc2c(N(Cc3ccc(-c4ccc(OC)c(C)c4)cc3)C(=O)C3CCCCC3)cccc2n1. The lowest BCUT2D eigenvalue weighted by atomic mass is 9.88. The number of hydrogen-bond donors (Lipinski definition) is 0. The van der Waals surface area contributed by atoms with Crippen LogP contribution < -0.4 is 9.64 Å². The highest BCUT2D eigenvalue weighted by Gasteiger charge is 2.28. The van der Waals surface area contributed by atoms with Gasteiger partial charge >= 0.3 is 5.97 Å². The van der Waals surface area contributed by atoms with Crippen LogP contribution in [0, 0.1) is 12.8 Å². The van der Waals surface area contributed by atoms with Crippen molar-refractivity contribution in [1.29, 1.82) is 0 Å². The number of carbonyl (C=O) groups excluding carboxylic acids is 2. The van der Waals surface area contributed by atoms with Gasteiger partial charge < -0.3 is 14.4 Å². The minimum atomic E-state index is -0.447. The lowest BCUT2D eigenvalue weighted by Gasteiger charge is -2.30. The predicted octanol–water partition coefficient (Wildman–Crippen LogP) is 7.51. The van der Waals surface area contributed by atoms with Gasteiger partial charge in [0.05, 0.1) is 31.5 Å². The molecule has 0 bridgehead atoms. The fourth-order valence-electron chi connectivity index (χ4n) is 5.59. The number of anilines is 1. The fraction of sp³-hybridized carbons (Fsp3) is 0.324. The number of carbonyl (C=O) groups is 2. The van der Waals surface area contributed by atoms with Crippen LogP contribution in [0.15, 0.2) is 72.8 Å². The van der Waals surface area contributed by atoms with E-state index in [1.165, 1.54) is 6.42 Å². The number of rotatable bonds is 8. The topological polar surface area (TPSA) is 68.7 Å². The highest BCUT2D eigenvalue weighted by molar-refractivity contribution is 6.04. The van der Waals surface area contributed by atoms with Gasteiger partial charge in [-0.25, -0.2) is 9.78 Å². The molecule has 6 nitrogen and oxygen atoms in total. The molecule has 1 aliphatic rings. The molecule has 0 unspecified atom stereocenters. The molecule has 40 heavy (non-hydrogen) atoms. The zero-order valence-corrected chi connectivity index (χ0v) is 23.5. The molecule has 206 valence electrons. The molecular formula is C34H36N2O4. The molecule has 6 heteroatoms. The highest BCUT2D eigenvalue weighted by Crippen LogP contribution is 2.33. The Labute approximate surface area is 235 Å². The number of amides is 1. The molecule has 0 atom stereocenters. The molecule has 1 aromatic heterocycles. The normalized spacial score (nSPS) is 13.7. The number of esters is 1. The number of fused-ring (bicyclic) bond motifs is 1. The van der Waals surface area contributed by atoms with Crippen molar-refractivity contribution in [3.8, 4) is 16.9 Å². The summed E-state index contributed by atoms with van der Waals surface area (Å²) in [7, 11) is 1.68. The Morgan fingerprint density at radius 1 is 0.925 bits per heavy atom. The molecule has 1 amide bonds. The van der Waals surface area contributed by atoms with Crippen LogP contribution >= 0.6 is 0 Å². The third-order valence-corrected chi connectivity index (χ3v) is 7.73. The molecule has 5 rings (SSSR count). The molecule has 1 aliphatic carbocycles. The minimum Gasteiger partial charge on any atom is -0.496 e. The first-order valence-corrected chi connectivity index (χ1v) is 14.1. The van der Waals surface area contributed by atoms with Gasteiger partial charge in [-0.3, -0.25) is 4.79 Å². The quantitative estimate of drug-likeness (QED) is 0.218. The molecule has 4 aromatic rings. The van der Waals surface area contributed by atoms with E-state index in [0.29, 0.717) is 18.7 Å². The molecule has 1 saturated carbocycles. The summed E-state index contributed by atoms with van der Waals surface area (Å²) < 4.78 is 10.5. The third kappa shape index (κ3) is 5.86. The standard InChI is InChI=1S/C34H36N2O4/c1-4-40-34(38)30-19-18-28-29(35-30)11-8-12-31(28)36(33(37)26-9-6-5-7-10-26)22-24-13-15-25(16-14-24)27-17-20-32(39-3)23(2)21-27/h8,11-21,26H,4-7,9-10,22H2,1-3H3. The maximum Gasteiger partial charge on any atom is 0.356 e. The van der Waals surface area contributed by atoms with E-state index in [-0.39, 0.29) is 17.5 Å². The lowest BCUT2D eigenvalue weighted by molar-refractivity contribution is -0.123. The summed E-state index contributed by atoms with van der Waals surface area (Å²) in [6.07, 6.45) is 5.19. The van der Waals surface area contributed by atoms with Crippen molar-refractivity contribution in [2.45, 2.75) is 52.5 Å². The fourth-order valence-corrected chi connectivity index (χ4v) is 5.59. The monoisotopic (exact) mass is 536 g/mol. The van der Waals surface area contributed by atoms with Gasteiger partial charge in [0.1, 0.15) is 11.4 Å². The second-order valence-corrected chi connectivity index (χ2v) is 10.4. The van der Waals surface area contributed by atoms with E-state index in [0.717, 1.165) is 64.8 Å². The van der Waals surface area contributed by atoms with E-state index in [2.05, 4.69) is 41.4 Å². The summed E-state index contributed by atoms with van der Waals surface area (Å²) in [6.45, 7) is 4.56. The molecule has 1 fully saturated rings. The highest BCUT2D eigenvalue weighted by atomic mass is 16.5. The maximum absolute atomic E-state index is 14.0. The molecule has 0 aliphatic heterocycles. The second kappa shape index (κ2) is 12.3. The molecule has 0 saturated heterocycles. The summed E-state index contributed by atoms with van der Waals surface area (Å²) in [4.78, 5) is 32.8. The van der Waals surface area contributed by atoms with Crippen LogP contribution in [0.2, 0.25) is 0 Å². The Bertz CT molecular complexity index is 1510. The number of aryl methyl sites for hydroxylation is 1. The molecular weight excluding hydrogens is 500 g/mol. The van der Waals surface area contributed by atoms with E-state index in [9.17, 15) is 9.59 Å². The first-order chi connectivity index (χ1) is 19.5. The number of methoxy groups -OCH3 is 1. The van der Waals surface area contributed by atoms with Crippen molar-refractivity contribution in [2.75, 3.05) is 18.6 Å². The van der Waals surface area contributed by atoms with Gasteiger partial charge in [-0.2, -0.15) is 0 Å². The first kappa shape index (κ1) is 27.4. The van der Waals surface area contributed by atoms with Gasteiger partial charge in [-0.05, 0) is 85.3 Å². The van der Waals surface area contributed by atoms with Gasteiger partial charge in [-0.15, -0.1) is 0 Å². The zero-order valence-electron chi connectivity index (χ0n) is 23.5. The molecule has 0 spiro atoms. The Morgan fingerprint density at radius 2 is 1.68 bits per heavy atom. The Hall–Kier alpha value is -4.19. The van der Waals surface area contributed by atoms with Gasteiger partial charge in [0.2, 0.25) is 5.91 Å². The van der Waals surface area contributed by atoms with E-state index in [1.807, 2.05) is 42.2 Å². The summed E-state index contributed by atoms with van der Waals surface area (Å²) in [5.41, 5.74) is 6.11. The van der Waals surface area contributed by atoms with Crippen LogP contribution in [0.1, 0.15) is 60.6 Å². The van der Waals surface area contributed by atoms with Crippen LogP contribution in [-0.2, 0) is 16.1 Å². The van der Waals surface area contributed by atoms with Crippen LogP contribution in [0.4, 0.5) is 5.69 Å². The number of aromatic nitrogens is 1. The van der Waals surface area contributed by atoms with Crippen LogP contribution in [0.5, 0.6) is 5.75 Å². The summed E-state index contributed by atoms with van der Waals surface area (Å²) >= 11 is 0. The maximum atomic E-state index is 14.0. The van der Waals surface area contributed by atoms with Crippen molar-refractivity contribution < 1.29 is 19.1 Å². The van der Waals surface area contributed by atoms with Crippen molar-refractivity contribution in [3.05, 3.63) is 89.6 Å². The molecule has 0 N–H and O–H groups in total. The summed E-state index contributed by atoms with van der Waals surface area (Å²) in [5, 5.41) is 0.838. The number of nitrogens with zero attached hydrogens (tertiary/aromatic N) is 2. The average Bonchev–Trinajstić information content (AvgIpc) is 3.00. The van der Waals surface area contributed by atoms with Crippen LogP contribution in [0.25, 0.3) is 22.0 Å². The predicted molar refractivity (Wildman–Crippen MR) is 159 cm³/mol. The Morgan fingerprint density at radius 3 is 2.38 bits per heavy atom. The van der Waals surface area contributed by atoms with Gasteiger partial charge in [-0.1, -0.05) is 55.7 Å². The zero-order chi connectivity index (χ0) is 28.1. The van der Waals surface area contributed by atoms with Crippen LogP contribution in [-0.4, -0.2) is 30.6 Å². The Kier molecular flexibility index (Phi) is 8.44. The second-order valence-electron chi connectivity index (χ2n) is 10.4. The van der Waals surface area contributed by atoms with Gasteiger partial charge in [0.15, 0.2) is 0 Å². The van der Waals surface area contributed by atoms with Crippen molar-refractivity contribution in [1.82, 2.24) is 4.98 Å². The van der Waals surface area contributed by atoms with Crippen molar-refractivity contribution in [2.24, 2.45) is 5.92 Å². The third-order valence-electron chi connectivity index (χ3n) is 7.73. The van der Waals surface area contributed by atoms with Crippen molar-refractivity contribution >= 4 is 28.5 Å². The smallest absolute Gasteiger partial charge is 0.356 e. The van der Waals surface area contributed by atoms with Gasteiger partial charge in [0, 0.05) is 11.3 Å². The number of pyridine rings is 1. The van der Waals surface area contributed by atoms with E-state index < -0.39 is 5.97 Å². The summed E-state index contributed by atoms with van der Waals surface area (Å²) in [5.74, 6) is 0.585. The molecule has 3 aromatic carbocycles.